The summed E-state index contributed by atoms with van der Waals surface area (Å²) in [4.78, 5) is 0. The lowest BCUT2D eigenvalue weighted by Crippen LogP contribution is -2.29. The number of unbranched alkanes of at least 4 members (excludes halogenated alkanes) is 7. The van der Waals surface area contributed by atoms with Crippen molar-refractivity contribution in [3.63, 3.8) is 0 Å². The van der Waals surface area contributed by atoms with Gasteiger partial charge in [-0.05, 0) is 12.0 Å². The minimum atomic E-state index is 0.0238. The van der Waals surface area contributed by atoms with Crippen LogP contribution >= 0.6 is 0 Å². The van der Waals surface area contributed by atoms with Gasteiger partial charge in [-0.15, -0.1) is 0 Å². The third kappa shape index (κ3) is 7.63. The van der Waals surface area contributed by atoms with E-state index in [1.54, 1.807) is 7.11 Å². The Balaban J connectivity index is 2.16. The maximum Gasteiger partial charge on any atom is 0.0971 e. The van der Waals surface area contributed by atoms with Crippen LogP contribution in [0.4, 0.5) is 0 Å². The molecule has 0 saturated carbocycles. The molecule has 0 amide bonds. The third-order valence-corrected chi connectivity index (χ3v) is 4.16. The van der Waals surface area contributed by atoms with E-state index in [2.05, 4.69) is 19.1 Å². The summed E-state index contributed by atoms with van der Waals surface area (Å²) in [5.41, 5.74) is 7.50. The standard InChI is InChI=1S/C19H33NO/c1-3-4-5-6-7-8-9-13-16-18(20)19(21-2)17-14-11-10-12-15-17/h10-12,14-15,18-19H,3-9,13,16,20H2,1-2H3. The Hall–Kier alpha value is -0.860. The second-order valence-electron chi connectivity index (χ2n) is 5.99. The van der Waals surface area contributed by atoms with Gasteiger partial charge in [0.1, 0.15) is 0 Å². The van der Waals surface area contributed by atoms with Crippen LogP contribution in [0.5, 0.6) is 0 Å². The topological polar surface area (TPSA) is 35.2 Å². The highest BCUT2D eigenvalue weighted by molar-refractivity contribution is 5.19. The van der Waals surface area contributed by atoms with Gasteiger partial charge in [-0.1, -0.05) is 88.6 Å². The van der Waals surface area contributed by atoms with Crippen LogP contribution in [0.2, 0.25) is 0 Å². The summed E-state index contributed by atoms with van der Waals surface area (Å²) in [7, 11) is 1.76. The van der Waals surface area contributed by atoms with Crippen LogP contribution < -0.4 is 5.73 Å². The van der Waals surface area contributed by atoms with Crippen LogP contribution in [0.15, 0.2) is 30.3 Å². The van der Waals surface area contributed by atoms with Gasteiger partial charge in [0, 0.05) is 13.2 Å². The van der Waals surface area contributed by atoms with E-state index in [0.717, 1.165) is 6.42 Å². The van der Waals surface area contributed by atoms with E-state index in [0.29, 0.717) is 0 Å². The normalized spacial score (nSPS) is 14.0. The van der Waals surface area contributed by atoms with E-state index < -0.39 is 0 Å². The van der Waals surface area contributed by atoms with Crippen molar-refractivity contribution in [2.75, 3.05) is 7.11 Å². The summed E-state index contributed by atoms with van der Waals surface area (Å²) >= 11 is 0. The van der Waals surface area contributed by atoms with Crippen LogP contribution in [-0.4, -0.2) is 13.2 Å². The Labute approximate surface area is 131 Å². The lowest BCUT2D eigenvalue weighted by atomic mass is 9.97. The molecule has 0 radical (unpaired) electrons. The fraction of sp³-hybridized carbons (Fsp3) is 0.684. The summed E-state index contributed by atoms with van der Waals surface area (Å²) in [6, 6.07) is 10.4. The molecule has 1 aromatic rings. The number of ether oxygens (including phenoxy) is 1. The highest BCUT2D eigenvalue weighted by Crippen LogP contribution is 2.22. The van der Waals surface area contributed by atoms with E-state index in [4.69, 9.17) is 10.5 Å². The van der Waals surface area contributed by atoms with Crippen LogP contribution in [0.1, 0.15) is 76.4 Å². The van der Waals surface area contributed by atoms with Crippen molar-refractivity contribution in [3.8, 4) is 0 Å². The van der Waals surface area contributed by atoms with Crippen molar-refractivity contribution in [2.45, 2.75) is 76.9 Å². The fourth-order valence-corrected chi connectivity index (χ4v) is 2.87. The number of methoxy groups -OCH3 is 1. The molecule has 21 heavy (non-hydrogen) atoms. The second-order valence-corrected chi connectivity index (χ2v) is 5.99. The van der Waals surface area contributed by atoms with Crippen LogP contribution in [0.3, 0.4) is 0 Å². The fourth-order valence-electron chi connectivity index (χ4n) is 2.87. The molecular formula is C19H33NO. The van der Waals surface area contributed by atoms with Crippen LogP contribution in [0.25, 0.3) is 0 Å². The smallest absolute Gasteiger partial charge is 0.0971 e. The molecule has 0 aromatic heterocycles. The average Bonchev–Trinajstić information content (AvgIpc) is 2.52. The Morgan fingerprint density at radius 2 is 1.48 bits per heavy atom. The van der Waals surface area contributed by atoms with E-state index in [1.807, 2.05) is 18.2 Å². The molecule has 1 rings (SSSR count). The predicted molar refractivity (Wildman–Crippen MR) is 91.4 cm³/mol. The predicted octanol–water partition coefficient (Wildman–Crippen LogP) is 5.23. The number of nitrogens with two attached hydrogens (primary N) is 1. The molecule has 0 saturated heterocycles. The minimum absolute atomic E-state index is 0.0238. The third-order valence-electron chi connectivity index (χ3n) is 4.16. The summed E-state index contributed by atoms with van der Waals surface area (Å²) in [5, 5.41) is 0. The first-order valence-electron chi connectivity index (χ1n) is 8.63. The SMILES string of the molecule is CCCCCCCCCCC(N)C(OC)c1ccccc1. The summed E-state index contributed by atoms with van der Waals surface area (Å²) in [6.45, 7) is 2.26. The monoisotopic (exact) mass is 291 g/mol. The molecular weight excluding hydrogens is 258 g/mol. The molecule has 0 fully saturated rings. The quantitative estimate of drug-likeness (QED) is 0.535. The van der Waals surface area contributed by atoms with Gasteiger partial charge >= 0.3 is 0 Å². The van der Waals surface area contributed by atoms with Crippen molar-refractivity contribution in [3.05, 3.63) is 35.9 Å². The van der Waals surface area contributed by atoms with Crippen LogP contribution in [-0.2, 0) is 4.74 Å². The highest BCUT2D eigenvalue weighted by Gasteiger charge is 2.18. The van der Waals surface area contributed by atoms with Gasteiger partial charge in [-0.2, -0.15) is 0 Å². The first kappa shape index (κ1) is 18.2. The molecule has 0 spiro atoms. The van der Waals surface area contributed by atoms with Gasteiger partial charge in [0.15, 0.2) is 0 Å². The first-order valence-corrected chi connectivity index (χ1v) is 8.63. The summed E-state index contributed by atoms with van der Waals surface area (Å²) in [5.74, 6) is 0. The van der Waals surface area contributed by atoms with Gasteiger partial charge in [0.05, 0.1) is 6.10 Å². The number of hydrogen-bond acceptors (Lipinski definition) is 2. The average molecular weight is 291 g/mol. The maximum absolute atomic E-state index is 6.32. The molecule has 1 aromatic carbocycles. The zero-order chi connectivity index (χ0) is 15.3. The van der Waals surface area contributed by atoms with E-state index in [9.17, 15) is 0 Å². The van der Waals surface area contributed by atoms with Gasteiger partial charge < -0.3 is 10.5 Å². The Bertz CT molecular complexity index is 339. The van der Waals surface area contributed by atoms with Gasteiger partial charge in [-0.25, -0.2) is 0 Å². The molecule has 0 aliphatic rings. The summed E-state index contributed by atoms with van der Waals surface area (Å²) < 4.78 is 5.60. The highest BCUT2D eigenvalue weighted by atomic mass is 16.5. The molecule has 0 bridgehead atoms. The molecule has 2 unspecified atom stereocenters. The van der Waals surface area contributed by atoms with Gasteiger partial charge in [0.25, 0.3) is 0 Å². The van der Waals surface area contributed by atoms with Crippen molar-refractivity contribution >= 4 is 0 Å². The van der Waals surface area contributed by atoms with Crippen molar-refractivity contribution in [2.24, 2.45) is 5.73 Å². The Kier molecular flexibility index (Phi) is 10.2. The van der Waals surface area contributed by atoms with Crippen molar-refractivity contribution in [1.29, 1.82) is 0 Å². The second kappa shape index (κ2) is 11.8. The van der Waals surface area contributed by atoms with Crippen molar-refractivity contribution < 1.29 is 4.74 Å². The largest absolute Gasteiger partial charge is 0.375 e. The van der Waals surface area contributed by atoms with E-state index >= 15 is 0 Å². The lowest BCUT2D eigenvalue weighted by Gasteiger charge is -2.23. The Morgan fingerprint density at radius 1 is 0.905 bits per heavy atom. The molecule has 2 N–H and O–H groups in total. The molecule has 2 atom stereocenters. The Morgan fingerprint density at radius 3 is 2.05 bits per heavy atom. The van der Waals surface area contributed by atoms with Gasteiger partial charge in [0.2, 0.25) is 0 Å². The molecule has 0 aliphatic carbocycles. The molecule has 2 nitrogen and oxygen atoms in total. The molecule has 120 valence electrons. The lowest BCUT2D eigenvalue weighted by molar-refractivity contribution is 0.0768. The van der Waals surface area contributed by atoms with Gasteiger partial charge in [-0.3, -0.25) is 0 Å². The zero-order valence-corrected chi connectivity index (χ0v) is 13.9. The number of rotatable bonds is 12. The first-order chi connectivity index (χ1) is 10.3. The molecule has 0 heterocycles. The maximum atomic E-state index is 6.32. The summed E-state index contributed by atoms with van der Waals surface area (Å²) in [6.07, 6.45) is 11.8. The molecule has 0 aliphatic heterocycles. The van der Waals surface area contributed by atoms with Crippen molar-refractivity contribution in [1.82, 2.24) is 0 Å². The number of benzene rings is 1. The van der Waals surface area contributed by atoms with E-state index in [-0.39, 0.29) is 12.1 Å². The number of hydrogen-bond donors (Lipinski definition) is 1. The van der Waals surface area contributed by atoms with E-state index in [1.165, 1.54) is 56.9 Å². The van der Waals surface area contributed by atoms with Crippen LogP contribution in [0, 0.1) is 0 Å². The molecule has 2 heteroatoms. The minimum Gasteiger partial charge on any atom is -0.375 e. The zero-order valence-electron chi connectivity index (χ0n) is 13.9.